The molecule has 0 fully saturated rings. The number of carbonyl (C=O) groups is 1. The maximum Gasteiger partial charge on any atom is 0.270 e. The van der Waals surface area contributed by atoms with E-state index in [2.05, 4.69) is 30.9 Å². The number of fused-ring (bicyclic) bond motifs is 1. The molecule has 3 rings (SSSR count). The number of anilines is 1. The Morgan fingerprint density at radius 2 is 2.45 bits per heavy atom. The molecule has 10 heteroatoms. The highest BCUT2D eigenvalue weighted by Crippen LogP contribution is 2.24. The van der Waals surface area contributed by atoms with Crippen LogP contribution in [0.3, 0.4) is 0 Å². The van der Waals surface area contributed by atoms with Gasteiger partial charge in [-0.15, -0.1) is 5.10 Å². The minimum absolute atomic E-state index is 0.0343. The fraction of sp³-hybridized carbons (Fsp3) is 0.300. The summed E-state index contributed by atoms with van der Waals surface area (Å²) in [6.07, 6.45) is 4.24. The molecule has 1 atom stereocenters. The third-order valence-corrected chi connectivity index (χ3v) is 4.15. The molecule has 20 heavy (non-hydrogen) atoms. The molecule has 0 spiro atoms. The first kappa shape index (κ1) is 12.7. The van der Waals surface area contributed by atoms with E-state index in [-0.39, 0.29) is 10.9 Å². The van der Waals surface area contributed by atoms with Crippen LogP contribution in [-0.4, -0.2) is 47.4 Å². The average Bonchev–Trinajstić information content (AvgIpc) is 3.07. The van der Waals surface area contributed by atoms with Crippen LogP contribution in [0.5, 0.6) is 0 Å². The fourth-order valence-corrected chi connectivity index (χ4v) is 2.98. The van der Waals surface area contributed by atoms with Crippen LogP contribution in [0, 0.1) is 0 Å². The Morgan fingerprint density at radius 1 is 1.60 bits per heavy atom. The molecule has 104 valence electrons. The van der Waals surface area contributed by atoms with Gasteiger partial charge in [-0.05, 0) is 17.7 Å². The number of hydrogen-bond donors (Lipinski definition) is 2. The molecule has 2 N–H and O–H groups in total. The maximum atomic E-state index is 12.3. The van der Waals surface area contributed by atoms with Crippen molar-refractivity contribution in [1.29, 1.82) is 0 Å². The first-order valence-corrected chi connectivity index (χ1v) is 7.06. The Hall–Kier alpha value is -2.36. The summed E-state index contributed by atoms with van der Waals surface area (Å²) >= 11 is 0. The summed E-state index contributed by atoms with van der Waals surface area (Å²) < 4.78 is 12.3. The van der Waals surface area contributed by atoms with Gasteiger partial charge in [0, 0.05) is 18.4 Å². The SMILES string of the molecule is CCC1=CCN2C=C(C(=O)Nc3nn[nH]n3)S(=O)C2=N1. The van der Waals surface area contributed by atoms with E-state index in [0.717, 1.165) is 12.1 Å². The van der Waals surface area contributed by atoms with Crippen molar-refractivity contribution in [3.8, 4) is 0 Å². The third kappa shape index (κ3) is 2.13. The second kappa shape index (κ2) is 4.96. The van der Waals surface area contributed by atoms with Crippen molar-refractivity contribution in [1.82, 2.24) is 25.5 Å². The van der Waals surface area contributed by atoms with Crippen LogP contribution in [0.25, 0.3) is 0 Å². The van der Waals surface area contributed by atoms with Crippen LogP contribution in [-0.2, 0) is 15.6 Å². The summed E-state index contributed by atoms with van der Waals surface area (Å²) in [4.78, 5) is 18.1. The van der Waals surface area contributed by atoms with E-state index >= 15 is 0 Å². The van der Waals surface area contributed by atoms with Gasteiger partial charge in [-0.1, -0.05) is 12.0 Å². The Labute approximate surface area is 116 Å². The lowest BCUT2D eigenvalue weighted by Gasteiger charge is -2.18. The molecular formula is C10H11N7O2S. The van der Waals surface area contributed by atoms with Crippen molar-refractivity contribution in [3.63, 3.8) is 0 Å². The van der Waals surface area contributed by atoms with Gasteiger partial charge in [0.15, 0.2) is 0 Å². The first-order valence-electron chi connectivity index (χ1n) is 5.91. The number of aromatic nitrogens is 4. The Bertz CT molecular complexity index is 661. The highest BCUT2D eigenvalue weighted by atomic mass is 32.2. The zero-order chi connectivity index (χ0) is 14.1. The predicted molar refractivity (Wildman–Crippen MR) is 71.5 cm³/mol. The number of aromatic amines is 1. The minimum atomic E-state index is -1.59. The second-order valence-corrected chi connectivity index (χ2v) is 5.39. The van der Waals surface area contributed by atoms with Gasteiger partial charge >= 0.3 is 0 Å². The highest BCUT2D eigenvalue weighted by Gasteiger charge is 2.34. The van der Waals surface area contributed by atoms with Crippen molar-refractivity contribution in [2.75, 3.05) is 11.9 Å². The number of carbonyl (C=O) groups excluding carboxylic acids is 1. The summed E-state index contributed by atoms with van der Waals surface area (Å²) in [5, 5.41) is 15.6. The molecule has 0 aliphatic carbocycles. The van der Waals surface area contributed by atoms with E-state index in [9.17, 15) is 9.00 Å². The molecule has 9 nitrogen and oxygen atoms in total. The smallest absolute Gasteiger partial charge is 0.270 e. The van der Waals surface area contributed by atoms with Gasteiger partial charge in [-0.2, -0.15) is 5.21 Å². The van der Waals surface area contributed by atoms with E-state index in [1.807, 2.05) is 13.0 Å². The molecule has 1 amide bonds. The average molecular weight is 293 g/mol. The highest BCUT2D eigenvalue weighted by molar-refractivity contribution is 8.05. The monoisotopic (exact) mass is 293 g/mol. The van der Waals surface area contributed by atoms with Crippen molar-refractivity contribution >= 4 is 27.8 Å². The van der Waals surface area contributed by atoms with Gasteiger partial charge in [0.25, 0.3) is 11.9 Å². The lowest BCUT2D eigenvalue weighted by atomic mass is 10.3. The van der Waals surface area contributed by atoms with Crippen LogP contribution in [0.15, 0.2) is 27.9 Å². The second-order valence-electron chi connectivity index (χ2n) is 4.05. The molecule has 0 radical (unpaired) electrons. The van der Waals surface area contributed by atoms with Crippen molar-refractivity contribution in [2.45, 2.75) is 13.3 Å². The Kier molecular flexibility index (Phi) is 3.14. The Morgan fingerprint density at radius 3 is 3.15 bits per heavy atom. The number of hydrogen-bond acceptors (Lipinski definition) is 7. The third-order valence-electron chi connectivity index (χ3n) is 2.80. The lowest BCUT2D eigenvalue weighted by Crippen LogP contribution is -2.27. The summed E-state index contributed by atoms with van der Waals surface area (Å²) in [6.45, 7) is 2.54. The van der Waals surface area contributed by atoms with Crippen LogP contribution < -0.4 is 5.32 Å². The molecule has 1 unspecified atom stereocenters. The number of aliphatic imine (C=N–C) groups is 1. The van der Waals surface area contributed by atoms with E-state index in [4.69, 9.17) is 0 Å². The van der Waals surface area contributed by atoms with Crippen LogP contribution in [0.2, 0.25) is 0 Å². The van der Waals surface area contributed by atoms with Gasteiger partial charge in [-0.25, -0.2) is 9.20 Å². The molecule has 1 aromatic rings. The minimum Gasteiger partial charge on any atom is -0.320 e. The molecule has 1 aromatic heterocycles. The van der Waals surface area contributed by atoms with Gasteiger partial charge in [0.05, 0.1) is 0 Å². The summed E-state index contributed by atoms with van der Waals surface area (Å²) in [6, 6.07) is 0. The predicted octanol–water partition coefficient (Wildman–Crippen LogP) is -0.293. The number of allylic oxidation sites excluding steroid dienone is 1. The van der Waals surface area contributed by atoms with Crippen molar-refractivity contribution in [3.05, 3.63) is 22.9 Å². The number of nitrogens with one attached hydrogen (secondary N) is 2. The van der Waals surface area contributed by atoms with Gasteiger partial charge < -0.3 is 4.90 Å². The zero-order valence-electron chi connectivity index (χ0n) is 10.5. The largest absolute Gasteiger partial charge is 0.320 e. The number of amidine groups is 1. The topological polar surface area (TPSA) is 116 Å². The van der Waals surface area contributed by atoms with E-state index < -0.39 is 16.7 Å². The van der Waals surface area contributed by atoms with Gasteiger partial charge in [0.1, 0.15) is 15.7 Å². The zero-order valence-corrected chi connectivity index (χ0v) is 11.3. The fourth-order valence-electron chi connectivity index (χ4n) is 1.80. The number of nitrogens with zero attached hydrogens (tertiary/aromatic N) is 5. The summed E-state index contributed by atoms with van der Waals surface area (Å²) in [5.41, 5.74) is 0.873. The number of tetrazole rings is 1. The number of amides is 1. The van der Waals surface area contributed by atoms with E-state index in [1.165, 1.54) is 6.20 Å². The molecule has 0 bridgehead atoms. The summed E-state index contributed by atoms with van der Waals surface area (Å²) in [7, 11) is -1.59. The Balaban J connectivity index is 1.80. The van der Waals surface area contributed by atoms with Gasteiger partial charge in [-0.3, -0.25) is 10.1 Å². The molecule has 3 heterocycles. The standard InChI is InChI=1S/C10H11N7O2S/c1-2-6-3-4-17-5-7(20(19)10(17)11-6)8(18)12-9-13-15-16-14-9/h3,5H,2,4H2,1H3,(H2,12,13,14,15,16,18). The quantitative estimate of drug-likeness (QED) is 0.791. The van der Waals surface area contributed by atoms with Crippen molar-refractivity contribution in [2.24, 2.45) is 4.99 Å². The number of H-pyrrole nitrogens is 1. The van der Waals surface area contributed by atoms with Crippen LogP contribution in [0.4, 0.5) is 5.95 Å². The summed E-state index contributed by atoms with van der Waals surface area (Å²) in [5.74, 6) is -0.494. The maximum absolute atomic E-state index is 12.3. The van der Waals surface area contributed by atoms with Crippen molar-refractivity contribution < 1.29 is 9.00 Å². The molecule has 2 aliphatic rings. The van der Waals surface area contributed by atoms with Gasteiger partial charge in [0.2, 0.25) is 5.17 Å². The molecule has 0 saturated heterocycles. The molecule has 2 aliphatic heterocycles. The van der Waals surface area contributed by atoms with E-state index in [0.29, 0.717) is 11.7 Å². The molecule has 0 aromatic carbocycles. The number of rotatable bonds is 3. The van der Waals surface area contributed by atoms with Crippen LogP contribution in [0.1, 0.15) is 13.3 Å². The van der Waals surface area contributed by atoms with E-state index in [1.54, 1.807) is 4.90 Å². The molecule has 0 saturated carbocycles. The lowest BCUT2D eigenvalue weighted by molar-refractivity contribution is -0.112. The van der Waals surface area contributed by atoms with Crippen LogP contribution >= 0.6 is 0 Å². The molecular weight excluding hydrogens is 282 g/mol. The normalized spacial score (nSPS) is 20.9. The first-order chi connectivity index (χ1) is 9.69.